The van der Waals surface area contributed by atoms with Crippen LogP contribution in [0.2, 0.25) is 0 Å². The van der Waals surface area contributed by atoms with Gasteiger partial charge in [0, 0.05) is 25.4 Å². The van der Waals surface area contributed by atoms with Gasteiger partial charge in [0.15, 0.2) is 11.5 Å². The maximum atomic E-state index is 12.8. The molecule has 6 heteroatoms. The highest BCUT2D eigenvalue weighted by atomic mass is 32.2. The van der Waals surface area contributed by atoms with E-state index in [0.717, 1.165) is 47.2 Å². The third kappa shape index (κ3) is 11.7. The number of allylic oxidation sites excluding steroid dienone is 1. The quantitative estimate of drug-likeness (QED) is 0.146. The van der Waals surface area contributed by atoms with E-state index >= 15 is 0 Å². The number of unbranched alkanes of at least 4 members (excludes halogenated alkanes) is 11. The van der Waals surface area contributed by atoms with Gasteiger partial charge in [0.05, 0.1) is 26.1 Å². The molecule has 226 valence electrons. The minimum Gasteiger partial charge on any atom is -0.493 e. The number of thioether (sulfide) groups is 1. The molecule has 0 atom stereocenters. The van der Waals surface area contributed by atoms with Crippen molar-refractivity contribution in [2.75, 3.05) is 24.5 Å². The Labute approximate surface area is 253 Å². The Morgan fingerprint density at radius 1 is 0.902 bits per heavy atom. The van der Waals surface area contributed by atoms with Crippen LogP contribution in [-0.2, 0) is 17.9 Å². The zero-order valence-electron chi connectivity index (χ0n) is 26.0. The van der Waals surface area contributed by atoms with Gasteiger partial charge in [-0.3, -0.25) is 4.79 Å². The first kappa shape index (κ1) is 32.9. The minimum atomic E-state index is 0.0229. The molecule has 0 spiro atoms. The molecule has 2 aromatic rings. The summed E-state index contributed by atoms with van der Waals surface area (Å²) < 4.78 is 11.8. The molecule has 3 rings (SSSR count). The van der Waals surface area contributed by atoms with Gasteiger partial charge in [-0.2, -0.15) is 0 Å². The molecule has 5 nitrogen and oxygen atoms in total. The van der Waals surface area contributed by atoms with Gasteiger partial charge in [0.2, 0.25) is 5.91 Å². The van der Waals surface area contributed by atoms with Crippen LogP contribution in [-0.4, -0.2) is 30.4 Å². The third-order valence-corrected chi connectivity index (χ3v) is 8.70. The van der Waals surface area contributed by atoms with E-state index < -0.39 is 0 Å². The molecule has 0 bridgehead atoms. The van der Waals surface area contributed by atoms with E-state index in [2.05, 4.69) is 31.0 Å². The molecule has 1 heterocycles. The summed E-state index contributed by atoms with van der Waals surface area (Å²) in [6.07, 6.45) is 18.1. The number of carbonyl (C=O) groups is 1. The standard InChI is InChI=1S/C35H52N2O3S/c1-5-6-7-8-9-10-11-12-13-14-15-18-23-40-35-24-31(21-22-34(35)39-4)26-37(30(3)38)33-20-17-16-19-32(33)27-36-25-29(2)41-28-36/h16-17,19-22,24-25H,5-15,18,23,26-28H2,1-4H3. The van der Waals surface area contributed by atoms with E-state index in [1.54, 1.807) is 14.0 Å². The summed E-state index contributed by atoms with van der Waals surface area (Å²) in [5.74, 6) is 2.45. The van der Waals surface area contributed by atoms with Gasteiger partial charge in [0.1, 0.15) is 0 Å². The Morgan fingerprint density at radius 2 is 1.56 bits per heavy atom. The van der Waals surface area contributed by atoms with Crippen LogP contribution in [0, 0.1) is 0 Å². The molecule has 0 aliphatic carbocycles. The fourth-order valence-corrected chi connectivity index (χ4v) is 6.10. The summed E-state index contributed by atoms with van der Waals surface area (Å²) in [7, 11) is 1.68. The lowest BCUT2D eigenvalue weighted by atomic mass is 10.1. The van der Waals surface area contributed by atoms with E-state index in [1.807, 2.05) is 53.1 Å². The van der Waals surface area contributed by atoms with E-state index in [9.17, 15) is 4.79 Å². The molecule has 0 unspecified atom stereocenters. The molecule has 1 amide bonds. The maximum absolute atomic E-state index is 12.8. The van der Waals surface area contributed by atoms with Crippen LogP contribution in [0.15, 0.2) is 53.6 Å². The fourth-order valence-electron chi connectivity index (χ4n) is 5.34. The van der Waals surface area contributed by atoms with Gasteiger partial charge in [-0.05, 0) is 47.6 Å². The van der Waals surface area contributed by atoms with Crippen LogP contribution >= 0.6 is 11.8 Å². The summed E-state index contributed by atoms with van der Waals surface area (Å²) >= 11 is 1.85. The van der Waals surface area contributed by atoms with E-state index in [1.165, 1.54) is 75.5 Å². The summed E-state index contributed by atoms with van der Waals surface area (Å²) in [5, 5.41) is 0. The highest BCUT2D eigenvalue weighted by Gasteiger charge is 2.19. The number of rotatable bonds is 20. The van der Waals surface area contributed by atoms with E-state index in [4.69, 9.17) is 9.47 Å². The SMILES string of the molecule is CCCCCCCCCCCCCCOc1cc(CN(C(C)=O)c2ccccc2CN2C=C(C)SC2)ccc1OC. The first-order valence-electron chi connectivity index (χ1n) is 15.7. The Bertz CT molecular complexity index is 1090. The second-order valence-electron chi connectivity index (χ2n) is 11.2. The van der Waals surface area contributed by atoms with Crippen LogP contribution in [0.25, 0.3) is 0 Å². The Kier molecular flexibility index (Phi) is 15.1. The second-order valence-corrected chi connectivity index (χ2v) is 12.4. The summed E-state index contributed by atoms with van der Waals surface area (Å²) in [6, 6.07) is 14.2. The van der Waals surface area contributed by atoms with Gasteiger partial charge in [0.25, 0.3) is 0 Å². The number of para-hydroxylation sites is 1. The van der Waals surface area contributed by atoms with Gasteiger partial charge in [-0.1, -0.05) is 102 Å². The van der Waals surface area contributed by atoms with Crippen LogP contribution in [0.5, 0.6) is 11.5 Å². The highest BCUT2D eigenvalue weighted by Crippen LogP contribution is 2.32. The number of ether oxygens (including phenoxy) is 2. The Hall–Kier alpha value is -2.60. The Balaban J connectivity index is 1.49. The minimum absolute atomic E-state index is 0.0229. The molecule has 2 aromatic carbocycles. The molecule has 0 saturated heterocycles. The number of hydrogen-bond donors (Lipinski definition) is 0. The lowest BCUT2D eigenvalue weighted by Crippen LogP contribution is -2.29. The predicted molar refractivity (Wildman–Crippen MR) is 175 cm³/mol. The Morgan fingerprint density at radius 3 is 2.17 bits per heavy atom. The zero-order chi connectivity index (χ0) is 29.3. The van der Waals surface area contributed by atoms with Crippen molar-refractivity contribution in [2.45, 2.75) is 111 Å². The highest BCUT2D eigenvalue weighted by molar-refractivity contribution is 8.03. The zero-order valence-corrected chi connectivity index (χ0v) is 26.8. The molecule has 0 aromatic heterocycles. The second kappa shape index (κ2) is 18.8. The number of carbonyl (C=O) groups excluding carboxylic acids is 1. The molecule has 1 aliphatic rings. The molecule has 1 aliphatic heterocycles. The average molecular weight is 581 g/mol. The van der Waals surface area contributed by atoms with Crippen molar-refractivity contribution in [3.8, 4) is 11.5 Å². The number of methoxy groups -OCH3 is 1. The van der Waals surface area contributed by atoms with Crippen LogP contribution in [0.1, 0.15) is 109 Å². The molecule has 0 fully saturated rings. The molecule has 0 saturated carbocycles. The van der Waals surface area contributed by atoms with Crippen LogP contribution in [0.4, 0.5) is 5.69 Å². The number of anilines is 1. The van der Waals surface area contributed by atoms with Crippen molar-refractivity contribution >= 4 is 23.4 Å². The van der Waals surface area contributed by atoms with Crippen LogP contribution in [0.3, 0.4) is 0 Å². The largest absolute Gasteiger partial charge is 0.493 e. The normalized spacial score (nSPS) is 12.9. The molecular weight excluding hydrogens is 528 g/mol. The van der Waals surface area contributed by atoms with Crippen molar-refractivity contribution in [3.63, 3.8) is 0 Å². The first-order chi connectivity index (χ1) is 20.0. The van der Waals surface area contributed by atoms with Gasteiger partial charge >= 0.3 is 0 Å². The van der Waals surface area contributed by atoms with E-state index in [-0.39, 0.29) is 5.91 Å². The van der Waals surface area contributed by atoms with Gasteiger partial charge in [-0.25, -0.2) is 0 Å². The number of hydrogen-bond acceptors (Lipinski definition) is 5. The van der Waals surface area contributed by atoms with E-state index in [0.29, 0.717) is 13.2 Å². The molecule has 0 N–H and O–H groups in total. The summed E-state index contributed by atoms with van der Waals surface area (Å²) in [4.78, 5) is 18.3. The number of benzene rings is 2. The van der Waals surface area contributed by atoms with Gasteiger partial charge < -0.3 is 19.3 Å². The summed E-state index contributed by atoms with van der Waals surface area (Å²) in [5.41, 5.74) is 3.12. The molecule has 0 radical (unpaired) electrons. The molecular formula is C35H52N2O3S. The van der Waals surface area contributed by atoms with Crippen molar-refractivity contribution in [1.29, 1.82) is 0 Å². The van der Waals surface area contributed by atoms with Crippen molar-refractivity contribution < 1.29 is 14.3 Å². The maximum Gasteiger partial charge on any atom is 0.224 e. The van der Waals surface area contributed by atoms with Crippen molar-refractivity contribution in [1.82, 2.24) is 4.90 Å². The number of amides is 1. The first-order valence-corrected chi connectivity index (χ1v) is 16.7. The van der Waals surface area contributed by atoms with Gasteiger partial charge in [-0.15, -0.1) is 11.8 Å². The third-order valence-electron chi connectivity index (χ3n) is 7.68. The predicted octanol–water partition coefficient (Wildman–Crippen LogP) is 9.70. The number of nitrogens with zero attached hydrogens (tertiary/aromatic N) is 2. The monoisotopic (exact) mass is 580 g/mol. The summed E-state index contributed by atoms with van der Waals surface area (Å²) in [6.45, 7) is 7.99. The van der Waals surface area contributed by atoms with Crippen molar-refractivity contribution in [3.05, 3.63) is 64.7 Å². The fraction of sp³-hybridized carbons (Fsp3) is 0.571. The smallest absolute Gasteiger partial charge is 0.224 e. The topological polar surface area (TPSA) is 42.0 Å². The lowest BCUT2D eigenvalue weighted by molar-refractivity contribution is -0.116. The lowest BCUT2D eigenvalue weighted by Gasteiger charge is -2.26. The van der Waals surface area contributed by atoms with Crippen molar-refractivity contribution in [2.24, 2.45) is 0 Å². The average Bonchev–Trinajstić information content (AvgIpc) is 3.38. The molecule has 41 heavy (non-hydrogen) atoms. The van der Waals surface area contributed by atoms with Crippen LogP contribution < -0.4 is 14.4 Å².